The normalized spacial score (nSPS) is 29.7. The summed E-state index contributed by atoms with van der Waals surface area (Å²) in [6.07, 6.45) is 7.75. The van der Waals surface area contributed by atoms with Crippen LogP contribution in [0.5, 0.6) is 0 Å². The molecule has 2 heteroatoms. The van der Waals surface area contributed by atoms with Crippen LogP contribution < -0.4 is 5.32 Å². The second-order valence-corrected chi connectivity index (χ2v) is 4.68. The summed E-state index contributed by atoms with van der Waals surface area (Å²) in [5.74, 6) is 0.0375. The molecule has 1 aliphatic heterocycles. The SMILES string of the molecule is CC1(C)/C=C\NC(=O)C(C)(C)/C=C\1. The Kier molecular flexibility index (Phi) is 2.33. The van der Waals surface area contributed by atoms with Crippen molar-refractivity contribution in [2.75, 3.05) is 0 Å². The van der Waals surface area contributed by atoms with E-state index in [1.165, 1.54) is 0 Å². The third-order valence-corrected chi connectivity index (χ3v) is 2.24. The Balaban J connectivity index is 2.98. The number of carbonyl (C=O) groups excluding carboxylic acids is 1. The van der Waals surface area contributed by atoms with Gasteiger partial charge in [-0.1, -0.05) is 32.1 Å². The maximum absolute atomic E-state index is 11.5. The molecule has 0 aromatic rings. The van der Waals surface area contributed by atoms with Crippen LogP contribution >= 0.6 is 0 Å². The van der Waals surface area contributed by atoms with Gasteiger partial charge in [0.1, 0.15) is 0 Å². The van der Waals surface area contributed by atoms with E-state index in [0.717, 1.165) is 0 Å². The smallest absolute Gasteiger partial charge is 0.233 e. The van der Waals surface area contributed by atoms with Crippen molar-refractivity contribution in [3.8, 4) is 0 Å². The Morgan fingerprint density at radius 1 is 1.08 bits per heavy atom. The zero-order valence-corrected chi connectivity index (χ0v) is 8.72. The first-order valence-corrected chi connectivity index (χ1v) is 4.53. The van der Waals surface area contributed by atoms with Gasteiger partial charge in [0.25, 0.3) is 0 Å². The zero-order chi connectivity index (χ0) is 10.1. The standard InChI is InChI=1S/C11H17NO/c1-10(2)5-6-11(3,4)9(13)12-8-7-10/h5-8H,1-4H3,(H,12,13)/b6-5-,8-7-. The van der Waals surface area contributed by atoms with E-state index < -0.39 is 5.41 Å². The lowest BCUT2D eigenvalue weighted by molar-refractivity contribution is -0.126. The summed E-state index contributed by atoms with van der Waals surface area (Å²) in [6.45, 7) is 8.03. The molecule has 13 heavy (non-hydrogen) atoms. The summed E-state index contributed by atoms with van der Waals surface area (Å²) < 4.78 is 0. The molecule has 1 aliphatic rings. The fourth-order valence-corrected chi connectivity index (χ4v) is 1.07. The van der Waals surface area contributed by atoms with Gasteiger partial charge in [-0.2, -0.15) is 0 Å². The van der Waals surface area contributed by atoms with Crippen molar-refractivity contribution in [3.63, 3.8) is 0 Å². The highest BCUT2D eigenvalue weighted by Crippen LogP contribution is 2.26. The Morgan fingerprint density at radius 3 is 2.31 bits per heavy atom. The summed E-state index contributed by atoms with van der Waals surface area (Å²) in [5.41, 5.74) is -0.396. The lowest BCUT2D eigenvalue weighted by Crippen LogP contribution is -2.34. The van der Waals surface area contributed by atoms with Gasteiger partial charge in [-0.15, -0.1) is 0 Å². The lowest BCUT2D eigenvalue weighted by atomic mass is 9.84. The summed E-state index contributed by atoms with van der Waals surface area (Å²) in [5, 5.41) is 2.76. The predicted octanol–water partition coefficient (Wildman–Crippen LogP) is 2.24. The number of hydrogen-bond acceptors (Lipinski definition) is 1. The molecular weight excluding hydrogens is 162 g/mol. The van der Waals surface area contributed by atoms with Crippen LogP contribution in [0.15, 0.2) is 24.4 Å². The van der Waals surface area contributed by atoms with E-state index in [2.05, 4.69) is 25.2 Å². The van der Waals surface area contributed by atoms with Gasteiger partial charge < -0.3 is 5.32 Å². The van der Waals surface area contributed by atoms with E-state index in [1.54, 1.807) is 6.20 Å². The van der Waals surface area contributed by atoms with Crippen LogP contribution in [0.25, 0.3) is 0 Å². The Bertz CT molecular complexity index is 272. The maximum atomic E-state index is 11.5. The zero-order valence-electron chi connectivity index (χ0n) is 8.72. The molecule has 0 saturated carbocycles. The van der Waals surface area contributed by atoms with Crippen LogP contribution in [-0.2, 0) is 4.79 Å². The molecule has 0 spiro atoms. The van der Waals surface area contributed by atoms with E-state index in [9.17, 15) is 4.79 Å². The monoisotopic (exact) mass is 179 g/mol. The second-order valence-electron chi connectivity index (χ2n) is 4.68. The number of allylic oxidation sites excluding steroid dienone is 2. The van der Waals surface area contributed by atoms with E-state index in [4.69, 9.17) is 0 Å². The van der Waals surface area contributed by atoms with Crippen molar-refractivity contribution >= 4 is 5.91 Å². The molecular formula is C11H17NO. The molecule has 0 aromatic carbocycles. The van der Waals surface area contributed by atoms with Crippen LogP contribution in [0.4, 0.5) is 0 Å². The summed E-state index contributed by atoms with van der Waals surface area (Å²) in [4.78, 5) is 11.5. The molecule has 0 fully saturated rings. The number of hydrogen-bond donors (Lipinski definition) is 1. The molecule has 0 atom stereocenters. The predicted molar refractivity (Wildman–Crippen MR) is 54.0 cm³/mol. The van der Waals surface area contributed by atoms with Crippen molar-refractivity contribution in [1.82, 2.24) is 5.32 Å². The van der Waals surface area contributed by atoms with E-state index >= 15 is 0 Å². The summed E-state index contributed by atoms with van der Waals surface area (Å²) in [7, 11) is 0. The molecule has 0 saturated heterocycles. The molecule has 0 radical (unpaired) electrons. The summed E-state index contributed by atoms with van der Waals surface area (Å²) in [6, 6.07) is 0. The summed E-state index contributed by atoms with van der Waals surface area (Å²) >= 11 is 0. The van der Waals surface area contributed by atoms with E-state index in [0.29, 0.717) is 0 Å². The number of amides is 1. The van der Waals surface area contributed by atoms with E-state index in [1.807, 2.05) is 26.0 Å². The van der Waals surface area contributed by atoms with Gasteiger partial charge >= 0.3 is 0 Å². The van der Waals surface area contributed by atoms with Crippen molar-refractivity contribution in [2.45, 2.75) is 27.7 Å². The molecule has 1 heterocycles. The van der Waals surface area contributed by atoms with Gasteiger partial charge in [0.2, 0.25) is 5.91 Å². The van der Waals surface area contributed by atoms with Crippen LogP contribution in [0.3, 0.4) is 0 Å². The Hall–Kier alpha value is -1.05. The number of nitrogens with one attached hydrogen (secondary N) is 1. The molecule has 0 bridgehead atoms. The van der Waals surface area contributed by atoms with E-state index in [-0.39, 0.29) is 11.3 Å². The highest BCUT2D eigenvalue weighted by atomic mass is 16.2. The minimum Gasteiger partial charge on any atom is -0.332 e. The Morgan fingerprint density at radius 2 is 1.69 bits per heavy atom. The van der Waals surface area contributed by atoms with Crippen molar-refractivity contribution in [2.24, 2.45) is 10.8 Å². The van der Waals surface area contributed by atoms with Crippen molar-refractivity contribution in [1.29, 1.82) is 0 Å². The third kappa shape index (κ3) is 2.44. The minimum atomic E-state index is -0.415. The maximum Gasteiger partial charge on any atom is 0.233 e. The van der Waals surface area contributed by atoms with Gasteiger partial charge in [0.15, 0.2) is 0 Å². The molecule has 1 N–H and O–H groups in total. The Labute approximate surface area is 79.7 Å². The average molecular weight is 179 g/mol. The van der Waals surface area contributed by atoms with Gasteiger partial charge in [0, 0.05) is 11.6 Å². The largest absolute Gasteiger partial charge is 0.332 e. The molecule has 1 amide bonds. The fourth-order valence-electron chi connectivity index (χ4n) is 1.07. The molecule has 0 aliphatic carbocycles. The van der Waals surface area contributed by atoms with Gasteiger partial charge in [-0.25, -0.2) is 0 Å². The lowest BCUT2D eigenvalue weighted by Gasteiger charge is -2.24. The van der Waals surface area contributed by atoms with Crippen LogP contribution in [0.1, 0.15) is 27.7 Å². The molecule has 0 aromatic heterocycles. The van der Waals surface area contributed by atoms with Crippen molar-refractivity contribution in [3.05, 3.63) is 24.4 Å². The quantitative estimate of drug-likeness (QED) is 0.568. The second kappa shape index (κ2) is 3.02. The minimum absolute atomic E-state index is 0.0188. The number of carbonyl (C=O) groups is 1. The first-order chi connectivity index (χ1) is 5.83. The van der Waals surface area contributed by atoms with Crippen LogP contribution in [-0.4, -0.2) is 5.91 Å². The van der Waals surface area contributed by atoms with Crippen LogP contribution in [0, 0.1) is 10.8 Å². The topological polar surface area (TPSA) is 29.1 Å². The van der Waals surface area contributed by atoms with Gasteiger partial charge in [-0.3, -0.25) is 4.79 Å². The average Bonchev–Trinajstić information content (AvgIpc) is 2.00. The molecule has 1 rings (SSSR count). The molecule has 72 valence electrons. The van der Waals surface area contributed by atoms with Crippen LogP contribution in [0.2, 0.25) is 0 Å². The van der Waals surface area contributed by atoms with Crippen molar-refractivity contribution < 1.29 is 4.79 Å². The van der Waals surface area contributed by atoms with Gasteiger partial charge in [0.05, 0.1) is 5.41 Å². The first kappa shape index (κ1) is 10.0. The van der Waals surface area contributed by atoms with Gasteiger partial charge in [-0.05, 0) is 13.8 Å². The fraction of sp³-hybridized carbons (Fsp3) is 0.545. The molecule has 0 unspecified atom stereocenters. The highest BCUT2D eigenvalue weighted by Gasteiger charge is 2.26. The highest BCUT2D eigenvalue weighted by molar-refractivity contribution is 5.84. The number of rotatable bonds is 0. The molecule has 2 nitrogen and oxygen atoms in total. The third-order valence-electron chi connectivity index (χ3n) is 2.24. The first-order valence-electron chi connectivity index (χ1n) is 4.53.